The fourth-order valence-corrected chi connectivity index (χ4v) is 1.72. The highest BCUT2D eigenvalue weighted by Crippen LogP contribution is 2.20. The predicted octanol–water partition coefficient (Wildman–Crippen LogP) is 1.49. The quantitative estimate of drug-likeness (QED) is 0.837. The Morgan fingerprint density at radius 3 is 2.61 bits per heavy atom. The van der Waals surface area contributed by atoms with Gasteiger partial charge in [0.05, 0.1) is 25.9 Å². The van der Waals surface area contributed by atoms with E-state index >= 15 is 0 Å². The van der Waals surface area contributed by atoms with E-state index in [2.05, 4.69) is 26.0 Å². The molecule has 0 aliphatic heterocycles. The summed E-state index contributed by atoms with van der Waals surface area (Å²) in [5, 5.41) is 2.75. The highest BCUT2D eigenvalue weighted by atomic mass is 79.9. The lowest BCUT2D eigenvalue weighted by atomic mass is 10.3. The molecule has 5 nitrogen and oxygen atoms in total. The van der Waals surface area contributed by atoms with E-state index in [1.54, 1.807) is 18.0 Å². The Morgan fingerprint density at radius 2 is 2.00 bits per heavy atom. The van der Waals surface area contributed by atoms with E-state index in [0.717, 1.165) is 4.47 Å². The number of amides is 1. The lowest BCUT2D eigenvalue weighted by molar-refractivity contribution is -0.141. The molecule has 1 N–H and O–H groups in total. The summed E-state index contributed by atoms with van der Waals surface area (Å²) in [5.41, 5.74) is 0.703. The number of methoxy groups -OCH3 is 1. The zero-order valence-corrected chi connectivity index (χ0v) is 11.9. The Bertz CT molecular complexity index is 437. The van der Waals surface area contributed by atoms with E-state index in [1.807, 2.05) is 18.2 Å². The van der Waals surface area contributed by atoms with Crippen molar-refractivity contribution in [2.45, 2.75) is 0 Å². The first-order valence-corrected chi connectivity index (χ1v) is 6.12. The fourth-order valence-electron chi connectivity index (χ4n) is 1.34. The second-order valence-corrected chi connectivity index (χ2v) is 4.63. The van der Waals surface area contributed by atoms with Crippen LogP contribution >= 0.6 is 15.9 Å². The van der Waals surface area contributed by atoms with Crippen molar-refractivity contribution in [1.29, 1.82) is 0 Å². The van der Waals surface area contributed by atoms with Gasteiger partial charge in [0.1, 0.15) is 0 Å². The van der Waals surface area contributed by atoms with E-state index in [4.69, 9.17) is 0 Å². The number of hydrogen-bond acceptors (Lipinski definition) is 4. The third-order valence-electron chi connectivity index (χ3n) is 2.19. The van der Waals surface area contributed by atoms with Gasteiger partial charge in [0.25, 0.3) is 0 Å². The van der Waals surface area contributed by atoms with Crippen molar-refractivity contribution in [1.82, 2.24) is 4.90 Å². The van der Waals surface area contributed by atoms with Gasteiger partial charge in [0.2, 0.25) is 5.91 Å². The smallest absolute Gasteiger partial charge is 0.319 e. The molecule has 1 aromatic carbocycles. The summed E-state index contributed by atoms with van der Waals surface area (Å²) in [6, 6.07) is 7.33. The minimum Gasteiger partial charge on any atom is -0.468 e. The zero-order valence-electron chi connectivity index (χ0n) is 10.3. The van der Waals surface area contributed by atoms with Crippen LogP contribution < -0.4 is 5.32 Å². The van der Waals surface area contributed by atoms with Gasteiger partial charge in [-0.2, -0.15) is 0 Å². The Morgan fingerprint density at radius 1 is 1.33 bits per heavy atom. The van der Waals surface area contributed by atoms with Crippen LogP contribution in [0, 0.1) is 0 Å². The summed E-state index contributed by atoms with van der Waals surface area (Å²) in [7, 11) is 2.99. The third-order valence-corrected chi connectivity index (χ3v) is 2.88. The highest BCUT2D eigenvalue weighted by Gasteiger charge is 2.11. The number of halogens is 1. The molecule has 0 fully saturated rings. The van der Waals surface area contributed by atoms with Crippen LogP contribution in [0.2, 0.25) is 0 Å². The van der Waals surface area contributed by atoms with Crippen molar-refractivity contribution in [2.24, 2.45) is 0 Å². The van der Waals surface area contributed by atoms with Crippen LogP contribution in [0.1, 0.15) is 0 Å². The van der Waals surface area contributed by atoms with Crippen LogP contribution in [-0.2, 0) is 14.3 Å². The molecule has 0 unspecified atom stereocenters. The number of anilines is 1. The van der Waals surface area contributed by atoms with E-state index in [-0.39, 0.29) is 25.0 Å². The molecular weight excluding hydrogens is 300 g/mol. The first-order chi connectivity index (χ1) is 8.52. The van der Waals surface area contributed by atoms with E-state index < -0.39 is 0 Å². The largest absolute Gasteiger partial charge is 0.468 e. The average Bonchev–Trinajstić information content (AvgIpc) is 2.31. The normalized spacial score (nSPS) is 10.2. The Hall–Kier alpha value is -1.40. The van der Waals surface area contributed by atoms with Crippen molar-refractivity contribution in [3.8, 4) is 0 Å². The molecule has 0 heterocycles. The summed E-state index contributed by atoms with van der Waals surface area (Å²) in [5.74, 6) is -0.556. The Balaban J connectivity index is 2.47. The minimum atomic E-state index is -0.369. The molecule has 0 saturated heterocycles. The number of benzene rings is 1. The van der Waals surface area contributed by atoms with Crippen LogP contribution in [0.4, 0.5) is 5.69 Å². The van der Waals surface area contributed by atoms with Gasteiger partial charge < -0.3 is 10.1 Å². The van der Waals surface area contributed by atoms with Gasteiger partial charge >= 0.3 is 5.97 Å². The standard InChI is InChI=1S/C12H15BrN2O3/c1-15(8-12(17)18-2)7-11(16)14-10-6-4-3-5-9(10)13/h3-6H,7-8H2,1-2H3,(H,14,16). The van der Waals surface area contributed by atoms with Crippen LogP contribution in [0.3, 0.4) is 0 Å². The summed E-state index contributed by atoms with van der Waals surface area (Å²) < 4.78 is 5.33. The fraction of sp³-hybridized carbons (Fsp3) is 0.333. The third kappa shape index (κ3) is 4.85. The van der Waals surface area contributed by atoms with Crippen molar-refractivity contribution >= 4 is 33.5 Å². The van der Waals surface area contributed by atoms with Gasteiger partial charge in [0, 0.05) is 4.47 Å². The van der Waals surface area contributed by atoms with Crippen LogP contribution in [0.25, 0.3) is 0 Å². The van der Waals surface area contributed by atoms with Gasteiger partial charge in [-0.1, -0.05) is 12.1 Å². The molecule has 0 aromatic heterocycles. The second kappa shape index (κ2) is 7.13. The second-order valence-electron chi connectivity index (χ2n) is 3.78. The number of rotatable bonds is 5. The van der Waals surface area contributed by atoms with Crippen molar-refractivity contribution in [2.75, 3.05) is 32.6 Å². The first kappa shape index (κ1) is 14.7. The SMILES string of the molecule is COC(=O)CN(C)CC(=O)Nc1ccccc1Br. The molecule has 0 aliphatic carbocycles. The van der Waals surface area contributed by atoms with Crippen molar-refractivity contribution < 1.29 is 14.3 Å². The lowest BCUT2D eigenvalue weighted by Gasteiger charge is -2.15. The maximum absolute atomic E-state index is 11.7. The number of para-hydroxylation sites is 1. The van der Waals surface area contributed by atoms with Crippen LogP contribution in [-0.4, -0.2) is 44.0 Å². The number of ether oxygens (including phenoxy) is 1. The molecule has 1 rings (SSSR count). The molecule has 1 aromatic rings. The summed E-state index contributed by atoms with van der Waals surface area (Å²) >= 11 is 3.34. The molecule has 98 valence electrons. The number of likely N-dealkylation sites (N-methyl/N-ethyl adjacent to an activating group) is 1. The lowest BCUT2D eigenvalue weighted by Crippen LogP contribution is -2.34. The number of carbonyl (C=O) groups is 2. The zero-order chi connectivity index (χ0) is 13.5. The monoisotopic (exact) mass is 314 g/mol. The van der Waals surface area contributed by atoms with E-state index in [9.17, 15) is 9.59 Å². The summed E-state index contributed by atoms with van der Waals surface area (Å²) in [4.78, 5) is 24.3. The minimum absolute atomic E-state index is 0.0832. The molecule has 0 saturated carbocycles. The molecule has 0 spiro atoms. The van der Waals surface area contributed by atoms with E-state index in [1.165, 1.54) is 7.11 Å². The number of nitrogens with one attached hydrogen (secondary N) is 1. The molecular formula is C12H15BrN2O3. The number of hydrogen-bond donors (Lipinski definition) is 1. The number of esters is 1. The predicted molar refractivity (Wildman–Crippen MR) is 72.3 cm³/mol. The van der Waals surface area contributed by atoms with E-state index in [0.29, 0.717) is 5.69 Å². The Kier molecular flexibility index (Phi) is 5.80. The Labute approximate surface area is 114 Å². The maximum Gasteiger partial charge on any atom is 0.319 e. The van der Waals surface area contributed by atoms with Gasteiger partial charge in [-0.05, 0) is 35.1 Å². The molecule has 1 amide bonds. The van der Waals surface area contributed by atoms with Crippen molar-refractivity contribution in [3.05, 3.63) is 28.7 Å². The first-order valence-electron chi connectivity index (χ1n) is 5.32. The summed E-state index contributed by atoms with van der Waals surface area (Å²) in [6.07, 6.45) is 0. The topological polar surface area (TPSA) is 58.6 Å². The maximum atomic E-state index is 11.7. The van der Waals surface area contributed by atoms with Crippen molar-refractivity contribution in [3.63, 3.8) is 0 Å². The van der Waals surface area contributed by atoms with Gasteiger partial charge in [-0.15, -0.1) is 0 Å². The highest BCUT2D eigenvalue weighted by molar-refractivity contribution is 9.10. The number of carbonyl (C=O) groups excluding carboxylic acids is 2. The number of nitrogens with zero attached hydrogens (tertiary/aromatic N) is 1. The molecule has 0 aliphatic rings. The molecule has 0 radical (unpaired) electrons. The van der Waals surface area contributed by atoms with Gasteiger partial charge in [0.15, 0.2) is 0 Å². The average molecular weight is 315 g/mol. The molecule has 6 heteroatoms. The van der Waals surface area contributed by atoms with Crippen LogP contribution in [0.5, 0.6) is 0 Å². The van der Waals surface area contributed by atoms with Crippen LogP contribution in [0.15, 0.2) is 28.7 Å². The summed E-state index contributed by atoms with van der Waals surface area (Å²) in [6.45, 7) is 0.205. The molecule has 18 heavy (non-hydrogen) atoms. The molecule has 0 atom stereocenters. The van der Waals surface area contributed by atoms with Gasteiger partial charge in [-0.3, -0.25) is 14.5 Å². The van der Waals surface area contributed by atoms with Gasteiger partial charge in [-0.25, -0.2) is 0 Å². The molecule has 0 bridgehead atoms.